The summed E-state index contributed by atoms with van der Waals surface area (Å²) in [5.41, 5.74) is 7.89. The molecule has 0 nitrogen and oxygen atoms in total. The number of hydrogen-bond donors (Lipinski definition) is 0. The molecule has 3 radical (unpaired) electrons. The van der Waals surface area contributed by atoms with E-state index in [-0.39, 0.29) is 37.2 Å². The summed E-state index contributed by atoms with van der Waals surface area (Å²) in [6, 6.07) is 43.1. The summed E-state index contributed by atoms with van der Waals surface area (Å²) >= 11 is 0. The molecule has 0 spiro atoms. The molecule has 0 N–H and O–H groups in total. The van der Waals surface area contributed by atoms with Crippen molar-refractivity contribution in [3.05, 3.63) is 147 Å². The van der Waals surface area contributed by atoms with Gasteiger partial charge in [-0.25, -0.2) is 0 Å². The zero-order valence-corrected chi connectivity index (χ0v) is 26.7. The predicted octanol–water partition coefficient (Wildman–Crippen LogP) is 10.8. The van der Waals surface area contributed by atoms with Gasteiger partial charge in [0.05, 0.1) is 0 Å². The smallest absolute Gasteiger partial charge is 0.0307 e. The first-order chi connectivity index (χ1) is 17.1. The van der Waals surface area contributed by atoms with Crippen molar-refractivity contribution < 1.29 is 22.4 Å². The van der Waals surface area contributed by atoms with E-state index in [1.165, 1.54) is 54.9 Å². The van der Waals surface area contributed by atoms with Crippen LogP contribution in [-0.4, -0.2) is 9.52 Å². The molecular weight excluding hydrogens is 553 g/mol. The molecule has 0 unspecified atom stereocenters. The molecule has 6 aromatic carbocycles. The van der Waals surface area contributed by atoms with E-state index in [1.54, 1.807) is 0 Å². The first-order valence-corrected chi connectivity index (χ1v) is 14.1. The summed E-state index contributed by atoms with van der Waals surface area (Å²) < 4.78 is 0. The molecule has 195 valence electrons. The fraction of sp³-hybridized carbons (Fsp3) is 0.111. The second kappa shape index (κ2) is 16.1. The standard InChI is InChI=1S/2C16H13.C2H6Si.2CH3.Nb/c2*1-12-10-14-8-5-9-15(16(14)11-12)13-6-3-2-4-7-13;1-3-2;;;/h2*2-11H,1H3;1-2H3;2*1H3;/q2*-1;;2*-1;. The second-order valence-electron chi connectivity index (χ2n) is 8.91. The Hall–Kier alpha value is -2.94. The number of hydrogen-bond acceptors (Lipinski definition) is 0. The van der Waals surface area contributed by atoms with E-state index in [2.05, 4.69) is 148 Å². The summed E-state index contributed by atoms with van der Waals surface area (Å²) in [6.07, 6.45) is 0. The van der Waals surface area contributed by atoms with Crippen LogP contribution in [0.3, 0.4) is 0 Å². The maximum atomic E-state index is 2.26. The van der Waals surface area contributed by atoms with Gasteiger partial charge in [0.2, 0.25) is 0 Å². The van der Waals surface area contributed by atoms with E-state index < -0.39 is 0 Å². The molecule has 0 bridgehead atoms. The van der Waals surface area contributed by atoms with Gasteiger partial charge in [-0.1, -0.05) is 111 Å². The predicted molar refractivity (Wildman–Crippen MR) is 170 cm³/mol. The molecule has 6 rings (SSSR count). The van der Waals surface area contributed by atoms with Gasteiger partial charge in [0.1, 0.15) is 0 Å². The van der Waals surface area contributed by atoms with Gasteiger partial charge in [0.25, 0.3) is 0 Å². The SMILES string of the molecule is C[Si]C.Cc1cc2c(-c3ccccc3)cccc2[cH-]1.Cc1cc2c(-c3ccccc3)cccc2[cH-]1.[CH3-].[CH3-].[Nb]. The van der Waals surface area contributed by atoms with E-state index in [1.807, 2.05) is 0 Å². The molecule has 0 aliphatic rings. The van der Waals surface area contributed by atoms with Crippen molar-refractivity contribution in [2.45, 2.75) is 26.9 Å². The van der Waals surface area contributed by atoms with Crippen LogP contribution in [0.15, 0.2) is 121 Å². The third-order valence-electron chi connectivity index (χ3n) is 5.96. The maximum absolute atomic E-state index is 2.26. The average molecular weight is 592 g/mol. The third-order valence-corrected chi connectivity index (χ3v) is 5.96. The van der Waals surface area contributed by atoms with Crippen LogP contribution in [0.5, 0.6) is 0 Å². The van der Waals surface area contributed by atoms with Gasteiger partial charge in [-0.3, -0.25) is 0 Å². The Morgan fingerprint density at radius 2 is 0.842 bits per heavy atom. The van der Waals surface area contributed by atoms with Gasteiger partial charge in [-0.2, -0.15) is 12.1 Å². The van der Waals surface area contributed by atoms with Crippen molar-refractivity contribution in [1.82, 2.24) is 0 Å². The van der Waals surface area contributed by atoms with Gasteiger partial charge in [-0.05, 0) is 11.1 Å². The number of benzene rings is 4. The van der Waals surface area contributed by atoms with Crippen molar-refractivity contribution in [2.24, 2.45) is 0 Å². The molecule has 0 saturated carbocycles. The Morgan fingerprint density at radius 3 is 1.18 bits per heavy atom. The van der Waals surface area contributed by atoms with Crippen LogP contribution in [0.1, 0.15) is 11.1 Å². The van der Waals surface area contributed by atoms with E-state index in [0.29, 0.717) is 0 Å². The Balaban J connectivity index is 0.000000322. The minimum absolute atomic E-state index is 0. The topological polar surface area (TPSA) is 0 Å². The quantitative estimate of drug-likeness (QED) is 0.139. The van der Waals surface area contributed by atoms with Crippen molar-refractivity contribution in [3.63, 3.8) is 0 Å². The van der Waals surface area contributed by atoms with E-state index in [0.717, 1.165) is 9.52 Å². The Labute approximate surface area is 248 Å². The molecule has 0 atom stereocenters. The van der Waals surface area contributed by atoms with Crippen LogP contribution in [0.25, 0.3) is 43.8 Å². The molecule has 0 heterocycles. The summed E-state index contributed by atoms with van der Waals surface area (Å²) in [7, 11) is 1.08. The largest absolute Gasteiger partial charge is 0.358 e. The van der Waals surface area contributed by atoms with Crippen molar-refractivity contribution >= 4 is 31.1 Å². The number of rotatable bonds is 2. The molecule has 0 aliphatic heterocycles. The van der Waals surface area contributed by atoms with Gasteiger partial charge in [0, 0.05) is 31.9 Å². The fourth-order valence-corrected chi connectivity index (χ4v) is 4.51. The summed E-state index contributed by atoms with van der Waals surface area (Å²) in [5, 5.41) is 5.37. The number of aryl methyl sites for hydroxylation is 2. The molecule has 38 heavy (non-hydrogen) atoms. The fourth-order valence-electron chi connectivity index (χ4n) is 4.51. The first kappa shape index (κ1) is 33.1. The van der Waals surface area contributed by atoms with Gasteiger partial charge >= 0.3 is 0 Å². The minimum atomic E-state index is 0. The van der Waals surface area contributed by atoms with Crippen molar-refractivity contribution in [1.29, 1.82) is 0 Å². The molecule has 0 aliphatic carbocycles. The molecule has 2 heteroatoms. The zero-order chi connectivity index (χ0) is 24.6. The molecule has 0 aromatic heterocycles. The zero-order valence-electron chi connectivity index (χ0n) is 23.5. The van der Waals surface area contributed by atoms with Gasteiger partial charge in [0.15, 0.2) is 0 Å². The van der Waals surface area contributed by atoms with E-state index >= 15 is 0 Å². The average Bonchev–Trinajstić information content (AvgIpc) is 3.46. The van der Waals surface area contributed by atoms with Crippen LogP contribution < -0.4 is 0 Å². The van der Waals surface area contributed by atoms with Crippen LogP contribution in [0.4, 0.5) is 0 Å². The molecular formula is C36H38NbSi-4. The Kier molecular flexibility index (Phi) is 14.0. The Morgan fingerprint density at radius 1 is 0.500 bits per heavy atom. The van der Waals surface area contributed by atoms with Gasteiger partial charge < -0.3 is 14.9 Å². The molecule has 0 saturated heterocycles. The number of fused-ring (bicyclic) bond motifs is 2. The summed E-state index contributed by atoms with van der Waals surface area (Å²) in [6.45, 7) is 8.60. The van der Waals surface area contributed by atoms with Crippen LogP contribution in [-0.2, 0) is 22.4 Å². The molecule has 6 aromatic rings. The van der Waals surface area contributed by atoms with E-state index in [4.69, 9.17) is 0 Å². The first-order valence-electron chi connectivity index (χ1n) is 12.1. The second-order valence-corrected chi connectivity index (χ2v) is 9.91. The molecule has 0 fully saturated rings. The van der Waals surface area contributed by atoms with Crippen LogP contribution >= 0.6 is 0 Å². The molecule has 0 amide bonds. The van der Waals surface area contributed by atoms with E-state index in [9.17, 15) is 0 Å². The van der Waals surface area contributed by atoms with Crippen LogP contribution in [0, 0.1) is 28.7 Å². The van der Waals surface area contributed by atoms with Crippen molar-refractivity contribution in [2.75, 3.05) is 0 Å². The normalized spacial score (nSPS) is 9.58. The minimum Gasteiger partial charge on any atom is -0.358 e. The maximum Gasteiger partial charge on any atom is 0.0307 e. The monoisotopic (exact) mass is 591 g/mol. The third kappa shape index (κ3) is 8.03. The summed E-state index contributed by atoms with van der Waals surface area (Å²) in [5.74, 6) is 0. The van der Waals surface area contributed by atoms with Gasteiger partial charge in [-0.15, -0.1) is 69.1 Å². The Bertz CT molecular complexity index is 1380. The van der Waals surface area contributed by atoms with Crippen molar-refractivity contribution in [3.8, 4) is 22.3 Å². The summed E-state index contributed by atoms with van der Waals surface area (Å²) in [4.78, 5) is 0. The van der Waals surface area contributed by atoms with Crippen LogP contribution in [0.2, 0.25) is 13.1 Å².